The van der Waals surface area contributed by atoms with Crippen LogP contribution in [0.5, 0.6) is 5.75 Å². The number of carboxylic acid groups (broad SMARTS) is 1. The van der Waals surface area contributed by atoms with Crippen LogP contribution in [0.3, 0.4) is 0 Å². The molecule has 0 unspecified atom stereocenters. The predicted octanol–water partition coefficient (Wildman–Crippen LogP) is 5.99. The molecule has 0 fully saturated rings. The Morgan fingerprint density at radius 3 is 2.71 bits per heavy atom. The Balaban J connectivity index is 2.06. The van der Waals surface area contributed by atoms with Crippen LogP contribution < -0.4 is 4.74 Å². The molecule has 0 saturated heterocycles. The number of pyridine rings is 1. The first-order chi connectivity index (χ1) is 14.5. The molecule has 0 bridgehead atoms. The van der Waals surface area contributed by atoms with Gasteiger partial charge in [0.05, 0.1) is 12.2 Å². The number of hydrogen-bond acceptors (Lipinski definition) is 5. The number of aromatic nitrogens is 1. The predicted molar refractivity (Wildman–Crippen MR) is 120 cm³/mol. The molecule has 1 atom stereocenters. The number of carbonyl (C=O) groups is 1. The van der Waals surface area contributed by atoms with Crippen LogP contribution in [0.1, 0.15) is 55.0 Å². The van der Waals surface area contributed by atoms with Crippen LogP contribution in [0.2, 0.25) is 0 Å². The highest BCUT2D eigenvalue weighted by molar-refractivity contribution is 7.18. The van der Waals surface area contributed by atoms with Crippen LogP contribution in [0.15, 0.2) is 18.2 Å². The van der Waals surface area contributed by atoms with E-state index in [9.17, 15) is 9.90 Å². The summed E-state index contributed by atoms with van der Waals surface area (Å²) in [6.07, 6.45) is 0.367. The van der Waals surface area contributed by atoms with Crippen molar-refractivity contribution in [3.05, 3.63) is 45.7 Å². The number of aliphatic carboxylic acids is 1. The number of carboxylic acids is 1. The van der Waals surface area contributed by atoms with Gasteiger partial charge >= 0.3 is 5.97 Å². The second kappa shape index (κ2) is 7.88. The van der Waals surface area contributed by atoms with Crippen LogP contribution in [0, 0.1) is 19.7 Å². The van der Waals surface area contributed by atoms with Crippen molar-refractivity contribution in [2.45, 2.75) is 59.2 Å². The van der Waals surface area contributed by atoms with E-state index in [1.54, 1.807) is 33.8 Å². The minimum atomic E-state index is -1.28. The van der Waals surface area contributed by atoms with Crippen LogP contribution in [-0.2, 0) is 16.0 Å². The maximum absolute atomic E-state index is 15.4. The van der Waals surface area contributed by atoms with Gasteiger partial charge in [0.25, 0.3) is 0 Å². The van der Waals surface area contributed by atoms with E-state index in [1.165, 1.54) is 17.4 Å². The van der Waals surface area contributed by atoms with Crippen molar-refractivity contribution < 1.29 is 23.8 Å². The zero-order chi connectivity index (χ0) is 22.5. The van der Waals surface area contributed by atoms with Gasteiger partial charge in [-0.2, -0.15) is 0 Å². The summed E-state index contributed by atoms with van der Waals surface area (Å²) in [6, 6.07) is 5.15. The third-order valence-corrected chi connectivity index (χ3v) is 6.20. The van der Waals surface area contributed by atoms with E-state index in [2.05, 4.69) is 4.98 Å². The average Bonchev–Trinajstić information content (AvgIpc) is 3.03. The maximum atomic E-state index is 15.4. The SMILES string of the molecule is Cc1cc2c(-c3cc4c(cc3F)OCCC4)c([C@H](OC(C)(C)C)C(=O)O)c(C)nc2s1. The Hall–Kier alpha value is -2.51. The van der Waals surface area contributed by atoms with Crippen molar-refractivity contribution in [2.75, 3.05) is 6.61 Å². The largest absolute Gasteiger partial charge is 0.493 e. The Kier molecular flexibility index (Phi) is 5.52. The fourth-order valence-electron chi connectivity index (χ4n) is 4.07. The number of benzene rings is 1. The molecule has 164 valence electrons. The van der Waals surface area contributed by atoms with Crippen LogP contribution in [0.4, 0.5) is 4.39 Å². The maximum Gasteiger partial charge on any atom is 0.337 e. The summed E-state index contributed by atoms with van der Waals surface area (Å²) in [7, 11) is 0. The summed E-state index contributed by atoms with van der Waals surface area (Å²) in [5, 5.41) is 10.8. The van der Waals surface area contributed by atoms with Gasteiger partial charge in [-0.15, -0.1) is 11.3 Å². The van der Waals surface area contributed by atoms with E-state index >= 15 is 4.39 Å². The topological polar surface area (TPSA) is 68.7 Å². The van der Waals surface area contributed by atoms with Gasteiger partial charge in [0.2, 0.25) is 0 Å². The fourth-order valence-corrected chi connectivity index (χ4v) is 5.00. The number of thiophene rings is 1. The first kappa shape index (κ1) is 21.7. The lowest BCUT2D eigenvalue weighted by Crippen LogP contribution is -2.28. The van der Waals surface area contributed by atoms with Gasteiger partial charge in [-0.3, -0.25) is 0 Å². The standard InChI is InChI=1S/C24H26FNO4S/c1-12-9-16-20(15-10-14-7-6-8-29-18(14)11-17(15)25)19(13(2)26-22(16)31-12)21(23(27)28)30-24(3,4)5/h9-11,21H,6-8H2,1-5H3,(H,27,28)/t21-/m0/s1. The van der Waals surface area contributed by atoms with E-state index in [0.29, 0.717) is 34.7 Å². The summed E-state index contributed by atoms with van der Waals surface area (Å²) < 4.78 is 27.0. The van der Waals surface area contributed by atoms with Crippen molar-refractivity contribution in [3.63, 3.8) is 0 Å². The van der Waals surface area contributed by atoms with Crippen LogP contribution in [-0.4, -0.2) is 28.3 Å². The Morgan fingerprint density at radius 1 is 1.29 bits per heavy atom. The third kappa shape index (κ3) is 4.16. The van der Waals surface area contributed by atoms with Crippen LogP contribution in [0.25, 0.3) is 21.3 Å². The molecule has 3 aromatic rings. The quantitative estimate of drug-likeness (QED) is 0.537. The molecule has 7 heteroatoms. The van der Waals surface area contributed by atoms with Gasteiger partial charge in [-0.25, -0.2) is 14.2 Å². The molecule has 1 aromatic carbocycles. The number of ether oxygens (including phenoxy) is 2. The van der Waals surface area contributed by atoms with Crippen molar-refractivity contribution >= 4 is 27.5 Å². The summed E-state index contributed by atoms with van der Waals surface area (Å²) in [6.45, 7) is 9.69. The number of aryl methyl sites for hydroxylation is 3. The van der Waals surface area contributed by atoms with E-state index in [-0.39, 0.29) is 0 Å². The highest BCUT2D eigenvalue weighted by Gasteiger charge is 2.33. The summed E-state index contributed by atoms with van der Waals surface area (Å²) in [5.41, 5.74) is 2.02. The minimum absolute atomic E-state index is 0.358. The smallest absolute Gasteiger partial charge is 0.337 e. The van der Waals surface area contributed by atoms with E-state index in [1.807, 2.05) is 13.0 Å². The van der Waals surface area contributed by atoms with Crippen molar-refractivity contribution in [1.82, 2.24) is 4.98 Å². The molecular formula is C24H26FNO4S. The second-order valence-electron chi connectivity index (χ2n) is 8.90. The molecule has 4 rings (SSSR count). The van der Waals surface area contributed by atoms with Crippen LogP contribution >= 0.6 is 11.3 Å². The van der Waals surface area contributed by atoms with E-state index in [4.69, 9.17) is 9.47 Å². The first-order valence-corrected chi connectivity index (χ1v) is 11.1. The summed E-state index contributed by atoms with van der Waals surface area (Å²) >= 11 is 1.51. The zero-order valence-electron chi connectivity index (χ0n) is 18.3. The Labute approximate surface area is 184 Å². The highest BCUT2D eigenvalue weighted by Crippen LogP contribution is 2.44. The molecule has 0 aliphatic carbocycles. The molecule has 1 N–H and O–H groups in total. The van der Waals surface area contributed by atoms with Crippen molar-refractivity contribution in [3.8, 4) is 16.9 Å². The number of halogens is 1. The Morgan fingerprint density at radius 2 is 2.03 bits per heavy atom. The lowest BCUT2D eigenvalue weighted by molar-refractivity contribution is -0.160. The molecule has 3 heterocycles. The normalized spacial score (nSPS) is 14.9. The Bertz CT molecular complexity index is 1180. The molecule has 0 spiro atoms. The third-order valence-electron chi connectivity index (χ3n) is 5.26. The molecule has 31 heavy (non-hydrogen) atoms. The second-order valence-corrected chi connectivity index (χ2v) is 10.1. The van der Waals surface area contributed by atoms with E-state index in [0.717, 1.165) is 33.5 Å². The summed E-state index contributed by atoms with van der Waals surface area (Å²) in [5.74, 6) is -1.02. The number of nitrogens with zero attached hydrogens (tertiary/aromatic N) is 1. The average molecular weight is 444 g/mol. The molecule has 0 amide bonds. The van der Waals surface area contributed by atoms with Gasteiger partial charge in [-0.1, -0.05) is 0 Å². The lowest BCUT2D eigenvalue weighted by atomic mass is 9.90. The molecule has 0 saturated carbocycles. The summed E-state index contributed by atoms with van der Waals surface area (Å²) in [4.78, 5) is 18.7. The first-order valence-electron chi connectivity index (χ1n) is 10.3. The molecule has 1 aliphatic rings. The molecular weight excluding hydrogens is 417 g/mol. The van der Waals surface area contributed by atoms with Gasteiger partial charge in [0.15, 0.2) is 6.10 Å². The van der Waals surface area contributed by atoms with Gasteiger partial charge in [-0.05, 0) is 65.2 Å². The molecule has 0 radical (unpaired) electrons. The van der Waals surface area contributed by atoms with Crippen molar-refractivity contribution in [2.24, 2.45) is 0 Å². The monoisotopic (exact) mass is 443 g/mol. The lowest BCUT2D eigenvalue weighted by Gasteiger charge is -2.28. The number of hydrogen-bond donors (Lipinski definition) is 1. The fraction of sp³-hybridized carbons (Fsp3) is 0.417. The van der Waals surface area contributed by atoms with Gasteiger partial charge in [0, 0.05) is 38.7 Å². The number of fused-ring (bicyclic) bond motifs is 2. The van der Waals surface area contributed by atoms with Gasteiger partial charge < -0.3 is 14.6 Å². The number of rotatable bonds is 4. The highest BCUT2D eigenvalue weighted by atomic mass is 32.1. The van der Waals surface area contributed by atoms with E-state index < -0.39 is 23.5 Å². The van der Waals surface area contributed by atoms with Crippen molar-refractivity contribution in [1.29, 1.82) is 0 Å². The molecule has 2 aromatic heterocycles. The zero-order valence-corrected chi connectivity index (χ0v) is 19.2. The molecule has 5 nitrogen and oxygen atoms in total. The minimum Gasteiger partial charge on any atom is -0.493 e. The van der Waals surface area contributed by atoms with Gasteiger partial charge in [0.1, 0.15) is 16.4 Å². The molecule has 1 aliphatic heterocycles.